The summed E-state index contributed by atoms with van der Waals surface area (Å²) in [4.78, 5) is 13.7. The van der Waals surface area contributed by atoms with Gasteiger partial charge in [0.15, 0.2) is 0 Å². The van der Waals surface area contributed by atoms with Gasteiger partial charge in [0, 0.05) is 19.6 Å². The molecule has 0 aromatic rings. The Bertz CT molecular complexity index is 231. The van der Waals surface area contributed by atoms with Gasteiger partial charge in [-0.15, -0.1) is 0 Å². The highest BCUT2D eigenvalue weighted by Crippen LogP contribution is 2.18. The molecule has 15 heavy (non-hydrogen) atoms. The van der Waals surface area contributed by atoms with Crippen molar-refractivity contribution in [1.82, 2.24) is 10.3 Å². The van der Waals surface area contributed by atoms with Crippen molar-refractivity contribution in [3.63, 3.8) is 0 Å². The Morgan fingerprint density at radius 3 is 2.87 bits per heavy atom. The zero-order chi connectivity index (χ0) is 11.5. The molecule has 0 aromatic carbocycles. The van der Waals surface area contributed by atoms with E-state index in [2.05, 4.69) is 10.3 Å². The van der Waals surface area contributed by atoms with E-state index in [0.29, 0.717) is 6.54 Å². The molecular weight excluding hydrogens is 194 g/mol. The van der Waals surface area contributed by atoms with E-state index in [1.54, 1.807) is 0 Å². The average Bonchev–Trinajstić information content (AvgIpc) is 2.15. The van der Waals surface area contributed by atoms with Gasteiger partial charge >= 0.3 is 0 Å². The fourth-order valence-electron chi connectivity index (χ4n) is 1.86. The van der Waals surface area contributed by atoms with Crippen molar-refractivity contribution in [2.45, 2.75) is 26.9 Å². The van der Waals surface area contributed by atoms with Gasteiger partial charge in [0.2, 0.25) is 5.91 Å². The Balaban J connectivity index is 2.49. The van der Waals surface area contributed by atoms with E-state index in [-0.39, 0.29) is 12.0 Å². The van der Waals surface area contributed by atoms with E-state index in [1.807, 2.05) is 20.8 Å². The molecule has 0 aliphatic carbocycles. The van der Waals surface area contributed by atoms with Crippen LogP contribution >= 0.6 is 0 Å². The molecule has 88 valence electrons. The molecule has 0 aromatic heterocycles. The molecule has 0 spiro atoms. The van der Waals surface area contributed by atoms with Crippen LogP contribution < -0.4 is 11.3 Å². The first-order valence-corrected chi connectivity index (χ1v) is 5.31. The molecule has 0 saturated carbocycles. The van der Waals surface area contributed by atoms with Crippen molar-refractivity contribution in [1.29, 1.82) is 0 Å². The number of carbonyl (C=O) groups is 1. The van der Waals surface area contributed by atoms with Gasteiger partial charge in [0.05, 0.1) is 18.1 Å². The standard InChI is InChI=1S/C10H21N3O2/c1-8-6-13(4-5-15-8)7-10(2,3)9(14)12-11/h8H,4-7,11H2,1-3H3,(H,12,14). The number of amides is 1. The van der Waals surface area contributed by atoms with Gasteiger partial charge in [-0.2, -0.15) is 0 Å². The van der Waals surface area contributed by atoms with Gasteiger partial charge in [-0.25, -0.2) is 5.84 Å². The highest BCUT2D eigenvalue weighted by atomic mass is 16.5. The number of nitrogens with two attached hydrogens (primary N) is 1. The molecule has 1 heterocycles. The van der Waals surface area contributed by atoms with Crippen molar-refractivity contribution in [2.75, 3.05) is 26.2 Å². The van der Waals surface area contributed by atoms with Crippen molar-refractivity contribution in [3.8, 4) is 0 Å². The minimum absolute atomic E-state index is 0.123. The summed E-state index contributed by atoms with van der Waals surface area (Å²) in [6.45, 7) is 9.05. The van der Waals surface area contributed by atoms with Crippen molar-refractivity contribution >= 4 is 5.91 Å². The molecule has 1 fully saturated rings. The average molecular weight is 215 g/mol. The summed E-state index contributed by atoms with van der Waals surface area (Å²) in [5.74, 6) is 5.02. The van der Waals surface area contributed by atoms with Crippen LogP contribution in [0.4, 0.5) is 0 Å². The van der Waals surface area contributed by atoms with E-state index in [0.717, 1.165) is 19.7 Å². The summed E-state index contributed by atoms with van der Waals surface area (Å²) < 4.78 is 5.44. The molecule has 0 radical (unpaired) electrons. The second-order valence-electron chi connectivity index (χ2n) is 4.77. The lowest BCUT2D eigenvalue weighted by atomic mass is 9.91. The number of rotatable bonds is 3. The minimum Gasteiger partial charge on any atom is -0.376 e. The fourth-order valence-corrected chi connectivity index (χ4v) is 1.86. The number of hydrogen-bond acceptors (Lipinski definition) is 4. The topological polar surface area (TPSA) is 67.6 Å². The summed E-state index contributed by atoms with van der Waals surface area (Å²) in [6, 6.07) is 0. The number of nitrogens with zero attached hydrogens (tertiary/aromatic N) is 1. The highest BCUT2D eigenvalue weighted by Gasteiger charge is 2.31. The number of nitrogens with one attached hydrogen (secondary N) is 1. The molecule has 5 heteroatoms. The van der Waals surface area contributed by atoms with Crippen LogP contribution in [-0.2, 0) is 9.53 Å². The van der Waals surface area contributed by atoms with Crippen LogP contribution in [0.1, 0.15) is 20.8 Å². The predicted octanol–water partition coefficient (Wildman–Crippen LogP) is -0.277. The maximum absolute atomic E-state index is 11.5. The molecule has 5 nitrogen and oxygen atoms in total. The first-order valence-electron chi connectivity index (χ1n) is 5.31. The number of hydrazine groups is 1. The fraction of sp³-hybridized carbons (Fsp3) is 0.900. The van der Waals surface area contributed by atoms with Gasteiger partial charge in [0.25, 0.3) is 0 Å². The van der Waals surface area contributed by atoms with Crippen LogP contribution in [0.25, 0.3) is 0 Å². The zero-order valence-electron chi connectivity index (χ0n) is 9.75. The molecule has 1 amide bonds. The normalized spacial score (nSPS) is 23.9. The van der Waals surface area contributed by atoms with Crippen molar-refractivity contribution in [3.05, 3.63) is 0 Å². The SMILES string of the molecule is CC1CN(CC(C)(C)C(=O)NN)CCO1. The first kappa shape index (κ1) is 12.4. The molecule has 1 aliphatic rings. The monoisotopic (exact) mass is 215 g/mol. The van der Waals surface area contributed by atoms with E-state index in [4.69, 9.17) is 10.6 Å². The number of carbonyl (C=O) groups excluding carboxylic acids is 1. The van der Waals surface area contributed by atoms with Crippen LogP contribution in [0.3, 0.4) is 0 Å². The van der Waals surface area contributed by atoms with E-state index >= 15 is 0 Å². The third-order valence-electron chi connectivity index (χ3n) is 2.69. The quantitative estimate of drug-likeness (QED) is 0.386. The Labute approximate surface area is 90.9 Å². The molecule has 3 N–H and O–H groups in total. The largest absolute Gasteiger partial charge is 0.376 e. The summed E-state index contributed by atoms with van der Waals surface area (Å²) in [5.41, 5.74) is 1.76. The van der Waals surface area contributed by atoms with Gasteiger partial charge in [-0.1, -0.05) is 0 Å². The predicted molar refractivity (Wildman–Crippen MR) is 58.0 cm³/mol. The molecule has 1 rings (SSSR count). The summed E-state index contributed by atoms with van der Waals surface area (Å²) >= 11 is 0. The lowest BCUT2D eigenvalue weighted by Crippen LogP contribution is -2.51. The third kappa shape index (κ3) is 3.44. The van der Waals surface area contributed by atoms with E-state index in [1.165, 1.54) is 0 Å². The maximum Gasteiger partial charge on any atom is 0.240 e. The highest BCUT2D eigenvalue weighted by molar-refractivity contribution is 5.81. The zero-order valence-corrected chi connectivity index (χ0v) is 9.75. The molecule has 1 unspecified atom stereocenters. The summed E-state index contributed by atoms with van der Waals surface area (Å²) in [6.07, 6.45) is 0.246. The summed E-state index contributed by atoms with van der Waals surface area (Å²) in [7, 11) is 0. The van der Waals surface area contributed by atoms with Crippen molar-refractivity contribution < 1.29 is 9.53 Å². The van der Waals surface area contributed by atoms with Crippen LogP contribution in [0.2, 0.25) is 0 Å². The Hall–Kier alpha value is -0.650. The van der Waals surface area contributed by atoms with Gasteiger partial charge < -0.3 is 4.74 Å². The molecule has 0 bridgehead atoms. The summed E-state index contributed by atoms with van der Waals surface area (Å²) in [5, 5.41) is 0. The van der Waals surface area contributed by atoms with Crippen LogP contribution in [-0.4, -0.2) is 43.2 Å². The Morgan fingerprint density at radius 2 is 2.33 bits per heavy atom. The van der Waals surface area contributed by atoms with E-state index in [9.17, 15) is 4.79 Å². The van der Waals surface area contributed by atoms with Gasteiger partial charge in [0.1, 0.15) is 0 Å². The number of ether oxygens (including phenoxy) is 1. The second kappa shape index (κ2) is 4.92. The molecule has 1 aliphatic heterocycles. The van der Waals surface area contributed by atoms with Crippen LogP contribution in [0, 0.1) is 5.41 Å². The molecular formula is C10H21N3O2. The number of morpholine rings is 1. The Morgan fingerprint density at radius 1 is 1.67 bits per heavy atom. The lowest BCUT2D eigenvalue weighted by molar-refractivity contribution is -0.131. The molecule has 1 atom stereocenters. The van der Waals surface area contributed by atoms with Crippen LogP contribution in [0.15, 0.2) is 0 Å². The maximum atomic E-state index is 11.5. The van der Waals surface area contributed by atoms with Gasteiger partial charge in [-0.05, 0) is 20.8 Å². The second-order valence-corrected chi connectivity index (χ2v) is 4.77. The van der Waals surface area contributed by atoms with Crippen molar-refractivity contribution in [2.24, 2.45) is 11.3 Å². The van der Waals surface area contributed by atoms with E-state index < -0.39 is 5.41 Å². The van der Waals surface area contributed by atoms with Crippen LogP contribution in [0.5, 0.6) is 0 Å². The minimum atomic E-state index is -0.453. The third-order valence-corrected chi connectivity index (χ3v) is 2.69. The Kier molecular flexibility index (Phi) is 4.07. The first-order chi connectivity index (χ1) is 6.95. The molecule has 1 saturated heterocycles. The lowest BCUT2D eigenvalue weighted by Gasteiger charge is -2.36. The number of hydrogen-bond donors (Lipinski definition) is 2. The smallest absolute Gasteiger partial charge is 0.240 e. The van der Waals surface area contributed by atoms with Gasteiger partial charge in [-0.3, -0.25) is 15.1 Å².